The van der Waals surface area contributed by atoms with Crippen LogP contribution in [0.25, 0.3) is 81.7 Å². The van der Waals surface area contributed by atoms with Crippen LogP contribution in [0, 0.1) is 0 Å². The fourth-order valence-electron chi connectivity index (χ4n) is 10.1. The van der Waals surface area contributed by atoms with E-state index in [-0.39, 0.29) is 5.41 Å². The van der Waals surface area contributed by atoms with Gasteiger partial charge in [-0.15, -0.1) is 0 Å². The molecule has 0 bridgehead atoms. The highest BCUT2D eigenvalue weighted by Gasteiger charge is 2.38. The average molecular weight is 727 g/mol. The van der Waals surface area contributed by atoms with Crippen molar-refractivity contribution in [3.05, 3.63) is 205 Å². The zero-order chi connectivity index (χ0) is 37.8. The van der Waals surface area contributed by atoms with E-state index in [1.165, 1.54) is 92.8 Å². The molecule has 57 heavy (non-hydrogen) atoms. The molecule has 1 aromatic heterocycles. The Morgan fingerprint density at radius 2 is 0.772 bits per heavy atom. The van der Waals surface area contributed by atoms with Crippen LogP contribution in [0.5, 0.6) is 0 Å². The highest BCUT2D eigenvalue weighted by molar-refractivity contribution is 6.10. The molecule has 0 fully saturated rings. The van der Waals surface area contributed by atoms with E-state index in [0.29, 0.717) is 0 Å². The molecule has 0 radical (unpaired) electrons. The number of fused-ring (bicyclic) bond motifs is 12. The summed E-state index contributed by atoms with van der Waals surface area (Å²) in [6, 6.07) is 71.9. The Bertz CT molecular complexity index is 3320. The van der Waals surface area contributed by atoms with Crippen molar-refractivity contribution in [3.8, 4) is 16.8 Å². The van der Waals surface area contributed by atoms with Crippen LogP contribution in [-0.2, 0) is 5.41 Å². The summed E-state index contributed by atoms with van der Waals surface area (Å²) in [4.78, 5) is 2.41. The van der Waals surface area contributed by atoms with Gasteiger partial charge in [0.2, 0.25) is 0 Å². The molecule has 12 rings (SSSR count). The van der Waals surface area contributed by atoms with E-state index in [4.69, 9.17) is 0 Å². The predicted molar refractivity (Wildman–Crippen MR) is 243 cm³/mol. The molecule has 0 atom stereocenters. The van der Waals surface area contributed by atoms with E-state index >= 15 is 0 Å². The lowest BCUT2D eigenvalue weighted by Gasteiger charge is -2.28. The minimum Gasteiger partial charge on any atom is -0.310 e. The molecule has 268 valence electrons. The van der Waals surface area contributed by atoms with E-state index < -0.39 is 0 Å². The Balaban J connectivity index is 0.996. The minimum absolute atomic E-state index is 0.198. The molecular formula is C55H38N2. The van der Waals surface area contributed by atoms with Gasteiger partial charge in [-0.3, -0.25) is 0 Å². The molecule has 1 heterocycles. The van der Waals surface area contributed by atoms with Crippen LogP contribution >= 0.6 is 0 Å². The summed E-state index contributed by atoms with van der Waals surface area (Å²) in [6.45, 7) is 4.84. The van der Waals surface area contributed by atoms with E-state index in [1.54, 1.807) is 0 Å². The third-order valence-electron chi connectivity index (χ3n) is 12.6. The summed E-state index contributed by atoms with van der Waals surface area (Å²) in [5, 5.41) is 12.7. The molecule has 1 aliphatic rings. The summed E-state index contributed by atoms with van der Waals surface area (Å²) in [6.07, 6.45) is 0. The molecule has 0 amide bonds. The normalized spacial score (nSPS) is 13.2. The monoisotopic (exact) mass is 726 g/mol. The summed E-state index contributed by atoms with van der Waals surface area (Å²) in [7, 11) is 0. The van der Waals surface area contributed by atoms with Crippen molar-refractivity contribution < 1.29 is 0 Å². The topological polar surface area (TPSA) is 8.17 Å². The largest absolute Gasteiger partial charge is 0.310 e. The van der Waals surface area contributed by atoms with Crippen molar-refractivity contribution in [2.75, 3.05) is 4.90 Å². The zero-order valence-corrected chi connectivity index (χ0v) is 31.9. The zero-order valence-electron chi connectivity index (χ0n) is 31.9. The van der Waals surface area contributed by atoms with Gasteiger partial charge < -0.3 is 9.47 Å². The summed E-state index contributed by atoms with van der Waals surface area (Å²) >= 11 is 0. The average Bonchev–Trinajstić information content (AvgIpc) is 3.72. The first-order chi connectivity index (χ1) is 28.0. The lowest BCUT2D eigenvalue weighted by molar-refractivity contribution is 0.672. The van der Waals surface area contributed by atoms with Crippen LogP contribution in [0.1, 0.15) is 25.0 Å². The van der Waals surface area contributed by atoms with Crippen LogP contribution in [0.4, 0.5) is 17.1 Å². The maximum atomic E-state index is 2.42. The number of aromatic nitrogens is 1. The van der Waals surface area contributed by atoms with Gasteiger partial charge in [-0.2, -0.15) is 0 Å². The van der Waals surface area contributed by atoms with Crippen LogP contribution in [0.3, 0.4) is 0 Å². The Morgan fingerprint density at radius 1 is 0.351 bits per heavy atom. The van der Waals surface area contributed by atoms with Crippen molar-refractivity contribution in [3.63, 3.8) is 0 Å². The number of hydrogen-bond acceptors (Lipinski definition) is 1. The molecular weight excluding hydrogens is 689 g/mol. The molecule has 0 unspecified atom stereocenters. The van der Waals surface area contributed by atoms with E-state index in [1.807, 2.05) is 0 Å². The lowest BCUT2D eigenvalue weighted by atomic mass is 9.78. The fourth-order valence-corrected chi connectivity index (χ4v) is 10.1. The van der Waals surface area contributed by atoms with Crippen LogP contribution in [0.2, 0.25) is 0 Å². The SMILES string of the molecule is CC1(C)c2c(ccc3cc(N(c4ccc5ccccc5c4)c4ccc5ccccc5c4)ccc23)-c2ccc3cc(-n4c5ccccc5c5ccccc54)ccc3c21. The maximum Gasteiger partial charge on any atom is 0.0541 e. The molecule has 0 spiro atoms. The van der Waals surface area contributed by atoms with Crippen molar-refractivity contribution >= 4 is 82.0 Å². The van der Waals surface area contributed by atoms with E-state index in [0.717, 1.165) is 17.1 Å². The Kier molecular flexibility index (Phi) is 6.72. The first-order valence-corrected chi connectivity index (χ1v) is 19.9. The van der Waals surface area contributed by atoms with Crippen LogP contribution < -0.4 is 4.90 Å². The number of anilines is 3. The molecule has 11 aromatic rings. The first kappa shape index (κ1) is 32.1. The van der Waals surface area contributed by atoms with Gasteiger partial charge in [0, 0.05) is 38.9 Å². The van der Waals surface area contributed by atoms with E-state index in [9.17, 15) is 0 Å². The Labute approximate surface area is 331 Å². The van der Waals surface area contributed by atoms with Crippen molar-refractivity contribution in [1.29, 1.82) is 0 Å². The molecule has 1 aliphatic carbocycles. The summed E-state index contributed by atoms with van der Waals surface area (Å²) < 4.78 is 2.42. The maximum absolute atomic E-state index is 2.42. The molecule has 2 heteroatoms. The van der Waals surface area contributed by atoms with Crippen LogP contribution in [0.15, 0.2) is 194 Å². The molecule has 0 aliphatic heterocycles. The van der Waals surface area contributed by atoms with Gasteiger partial charge in [-0.25, -0.2) is 0 Å². The second kappa shape index (κ2) is 11.9. The van der Waals surface area contributed by atoms with Gasteiger partial charge in [0.25, 0.3) is 0 Å². The number of nitrogens with zero attached hydrogens (tertiary/aromatic N) is 2. The second-order valence-electron chi connectivity index (χ2n) is 16.2. The molecule has 0 N–H and O–H groups in total. The summed E-state index contributed by atoms with van der Waals surface area (Å²) in [5.41, 5.74) is 12.4. The lowest BCUT2D eigenvalue weighted by Crippen LogP contribution is -2.16. The van der Waals surface area contributed by atoms with Gasteiger partial charge >= 0.3 is 0 Å². The molecule has 2 nitrogen and oxygen atoms in total. The Hall–Kier alpha value is -7.16. The standard InChI is InChI=1S/C55H38N2/c1-55(2)53-45-29-25-43(56(41-23-19-35-11-3-5-13-37(35)31-41)42-24-20-36-12-4-6-14-38(36)32-42)33-39(45)21-27-49(53)50-28-22-40-34-44(26-30-46(40)54(50)55)57-51-17-9-7-15-47(51)48-16-8-10-18-52(48)57/h3-34H,1-2H3. The molecule has 10 aromatic carbocycles. The quantitative estimate of drug-likeness (QED) is 0.175. The van der Waals surface area contributed by atoms with Crippen molar-refractivity contribution in [2.24, 2.45) is 0 Å². The predicted octanol–water partition coefficient (Wildman–Crippen LogP) is 15.2. The highest BCUT2D eigenvalue weighted by atomic mass is 15.1. The highest BCUT2D eigenvalue weighted by Crippen LogP contribution is 2.54. The smallest absolute Gasteiger partial charge is 0.0541 e. The number of rotatable bonds is 4. The number of para-hydroxylation sites is 2. The van der Waals surface area contributed by atoms with Gasteiger partial charge in [-0.05, 0) is 126 Å². The third kappa shape index (κ3) is 4.71. The Morgan fingerprint density at radius 3 is 1.33 bits per heavy atom. The van der Waals surface area contributed by atoms with Gasteiger partial charge in [0.1, 0.15) is 0 Å². The van der Waals surface area contributed by atoms with Crippen molar-refractivity contribution in [1.82, 2.24) is 4.57 Å². The van der Waals surface area contributed by atoms with Gasteiger partial charge in [0.15, 0.2) is 0 Å². The van der Waals surface area contributed by atoms with Crippen LogP contribution in [-0.4, -0.2) is 4.57 Å². The van der Waals surface area contributed by atoms with Gasteiger partial charge in [-0.1, -0.05) is 147 Å². The molecule has 0 saturated heterocycles. The number of benzene rings is 10. The van der Waals surface area contributed by atoms with Crippen molar-refractivity contribution in [2.45, 2.75) is 19.3 Å². The minimum atomic E-state index is -0.198. The first-order valence-electron chi connectivity index (χ1n) is 19.9. The molecule has 0 saturated carbocycles. The van der Waals surface area contributed by atoms with E-state index in [2.05, 4.69) is 217 Å². The summed E-state index contributed by atoms with van der Waals surface area (Å²) in [5.74, 6) is 0. The fraction of sp³-hybridized carbons (Fsp3) is 0.0545. The number of hydrogen-bond donors (Lipinski definition) is 0. The third-order valence-corrected chi connectivity index (χ3v) is 12.6. The second-order valence-corrected chi connectivity index (χ2v) is 16.2. The van der Waals surface area contributed by atoms with Gasteiger partial charge in [0.05, 0.1) is 11.0 Å².